The van der Waals surface area contributed by atoms with Gasteiger partial charge in [-0.1, -0.05) is 11.8 Å². The summed E-state index contributed by atoms with van der Waals surface area (Å²) in [5.41, 5.74) is 0. The summed E-state index contributed by atoms with van der Waals surface area (Å²) >= 11 is 1.58. The number of piperidine rings is 1. The van der Waals surface area contributed by atoms with Crippen molar-refractivity contribution in [3.63, 3.8) is 0 Å². The number of nitrogens with zero attached hydrogens (tertiary/aromatic N) is 4. The minimum absolute atomic E-state index is 0.611. The molecule has 19 heavy (non-hydrogen) atoms. The topological polar surface area (TPSA) is 44.3 Å². The molecule has 0 bridgehead atoms. The monoisotopic (exact) mass is 281 g/mol. The normalized spacial score (nSPS) is 19.8. The van der Waals surface area contributed by atoms with E-state index in [9.17, 15) is 0 Å². The van der Waals surface area contributed by atoms with Gasteiger partial charge in [0, 0.05) is 32.2 Å². The largest absolute Gasteiger partial charge is 0.373 e. The highest BCUT2D eigenvalue weighted by Crippen LogP contribution is 2.24. The van der Waals surface area contributed by atoms with Crippen molar-refractivity contribution in [2.45, 2.75) is 24.0 Å². The van der Waals surface area contributed by atoms with Gasteiger partial charge in [0.15, 0.2) is 5.16 Å². The maximum atomic E-state index is 4.64. The van der Waals surface area contributed by atoms with E-state index in [1.54, 1.807) is 11.8 Å². The molecule has 1 aromatic rings. The second-order valence-electron chi connectivity index (χ2n) is 5.05. The van der Waals surface area contributed by atoms with Gasteiger partial charge >= 0.3 is 0 Å². The van der Waals surface area contributed by atoms with Crippen LogP contribution in [0.1, 0.15) is 12.8 Å². The van der Waals surface area contributed by atoms with E-state index in [1.807, 2.05) is 19.4 Å². The molecule has 0 amide bonds. The molecule has 1 atom stereocenters. The van der Waals surface area contributed by atoms with Crippen molar-refractivity contribution in [3.8, 4) is 0 Å². The fourth-order valence-electron chi connectivity index (χ4n) is 2.38. The Labute approximate surface area is 119 Å². The quantitative estimate of drug-likeness (QED) is 0.670. The number of hydrogen-bond acceptors (Lipinski definition) is 6. The third kappa shape index (κ3) is 3.51. The van der Waals surface area contributed by atoms with Crippen LogP contribution < -0.4 is 10.2 Å². The summed E-state index contributed by atoms with van der Waals surface area (Å²) in [6.45, 7) is 2.12. The van der Waals surface area contributed by atoms with Gasteiger partial charge in [-0.05, 0) is 33.2 Å². The van der Waals surface area contributed by atoms with Crippen molar-refractivity contribution in [1.82, 2.24) is 14.9 Å². The SMILES string of the molecule is CNc1cc(N2CCCC(N(C)C)C2)nc(SC)n1. The molecule has 1 aliphatic heterocycles. The standard InChI is InChI=1S/C13H23N5S/c1-14-11-8-12(16-13(15-11)19-4)18-7-5-6-10(9-18)17(2)3/h8,10H,5-7,9H2,1-4H3,(H,14,15,16). The van der Waals surface area contributed by atoms with E-state index in [1.165, 1.54) is 12.8 Å². The molecule has 2 rings (SSSR count). The number of anilines is 2. The van der Waals surface area contributed by atoms with Crippen LogP contribution in [-0.2, 0) is 0 Å². The van der Waals surface area contributed by atoms with Crippen LogP contribution in [0.3, 0.4) is 0 Å². The lowest BCUT2D eigenvalue weighted by Crippen LogP contribution is -2.45. The van der Waals surface area contributed by atoms with Crippen molar-refractivity contribution in [2.24, 2.45) is 0 Å². The highest BCUT2D eigenvalue weighted by molar-refractivity contribution is 7.98. The Hall–Kier alpha value is -1.01. The second-order valence-corrected chi connectivity index (χ2v) is 5.83. The molecule has 5 nitrogen and oxygen atoms in total. The summed E-state index contributed by atoms with van der Waals surface area (Å²) in [5, 5.41) is 3.94. The van der Waals surface area contributed by atoms with Gasteiger partial charge in [-0.15, -0.1) is 0 Å². The average molecular weight is 281 g/mol. The molecule has 0 aromatic carbocycles. The second kappa shape index (κ2) is 6.43. The molecule has 106 valence electrons. The van der Waals surface area contributed by atoms with Gasteiger partial charge in [0.25, 0.3) is 0 Å². The van der Waals surface area contributed by atoms with E-state index in [0.717, 1.165) is 29.9 Å². The van der Waals surface area contributed by atoms with Crippen LogP contribution in [-0.4, -0.2) is 61.4 Å². The molecule has 2 heterocycles. The predicted octanol–water partition coefficient (Wildman–Crippen LogP) is 1.77. The average Bonchev–Trinajstić information content (AvgIpc) is 2.46. The minimum atomic E-state index is 0.611. The Morgan fingerprint density at radius 2 is 2.21 bits per heavy atom. The minimum Gasteiger partial charge on any atom is -0.373 e. The highest BCUT2D eigenvalue weighted by atomic mass is 32.2. The zero-order chi connectivity index (χ0) is 13.8. The zero-order valence-corrected chi connectivity index (χ0v) is 13.0. The zero-order valence-electron chi connectivity index (χ0n) is 12.2. The van der Waals surface area contributed by atoms with Crippen molar-refractivity contribution < 1.29 is 0 Å². The van der Waals surface area contributed by atoms with Crippen molar-refractivity contribution in [2.75, 3.05) is 50.7 Å². The summed E-state index contributed by atoms with van der Waals surface area (Å²) in [5.74, 6) is 1.93. The van der Waals surface area contributed by atoms with Gasteiger partial charge < -0.3 is 15.1 Å². The molecule has 1 fully saturated rings. The molecular formula is C13H23N5S. The van der Waals surface area contributed by atoms with Gasteiger partial charge in [-0.3, -0.25) is 0 Å². The summed E-state index contributed by atoms with van der Waals surface area (Å²) < 4.78 is 0. The van der Waals surface area contributed by atoms with Gasteiger partial charge in [-0.25, -0.2) is 9.97 Å². The van der Waals surface area contributed by atoms with E-state index >= 15 is 0 Å². The first-order valence-electron chi connectivity index (χ1n) is 6.66. The molecule has 0 spiro atoms. The number of likely N-dealkylation sites (N-methyl/N-ethyl adjacent to an activating group) is 1. The lowest BCUT2D eigenvalue weighted by atomic mass is 10.1. The van der Waals surface area contributed by atoms with Crippen molar-refractivity contribution >= 4 is 23.4 Å². The molecule has 1 N–H and O–H groups in total. The van der Waals surface area contributed by atoms with Crippen molar-refractivity contribution in [1.29, 1.82) is 0 Å². The molecule has 1 saturated heterocycles. The van der Waals surface area contributed by atoms with Gasteiger partial charge in [0.1, 0.15) is 11.6 Å². The van der Waals surface area contributed by atoms with Crippen LogP contribution in [0.25, 0.3) is 0 Å². The van der Waals surface area contributed by atoms with Crippen LogP contribution in [0.2, 0.25) is 0 Å². The smallest absolute Gasteiger partial charge is 0.191 e. The molecule has 0 saturated carbocycles. The number of aromatic nitrogens is 2. The van der Waals surface area contributed by atoms with Crippen LogP contribution in [0, 0.1) is 0 Å². The first-order chi connectivity index (χ1) is 9.13. The number of nitrogens with one attached hydrogen (secondary N) is 1. The lowest BCUT2D eigenvalue weighted by Gasteiger charge is -2.36. The molecule has 1 aliphatic rings. The Balaban J connectivity index is 2.20. The number of rotatable bonds is 4. The maximum Gasteiger partial charge on any atom is 0.191 e. The van der Waals surface area contributed by atoms with E-state index in [4.69, 9.17) is 0 Å². The van der Waals surface area contributed by atoms with Gasteiger partial charge in [0.2, 0.25) is 0 Å². The molecule has 6 heteroatoms. The fourth-order valence-corrected chi connectivity index (χ4v) is 2.75. The molecule has 0 aliphatic carbocycles. The third-order valence-electron chi connectivity index (χ3n) is 3.58. The third-order valence-corrected chi connectivity index (χ3v) is 4.13. The van der Waals surface area contributed by atoms with Crippen LogP contribution in [0.15, 0.2) is 11.2 Å². The predicted molar refractivity (Wildman–Crippen MR) is 82.3 cm³/mol. The summed E-state index contributed by atoms with van der Waals surface area (Å²) in [7, 11) is 6.20. The number of thioether (sulfide) groups is 1. The van der Waals surface area contributed by atoms with Crippen molar-refractivity contribution in [3.05, 3.63) is 6.07 Å². The Kier molecular flexibility index (Phi) is 4.87. The first-order valence-corrected chi connectivity index (χ1v) is 7.88. The first kappa shape index (κ1) is 14.4. The summed E-state index contributed by atoms with van der Waals surface area (Å²) in [4.78, 5) is 13.7. The summed E-state index contributed by atoms with van der Waals surface area (Å²) in [6, 6.07) is 2.65. The van der Waals surface area contributed by atoms with E-state index in [-0.39, 0.29) is 0 Å². The van der Waals surface area contributed by atoms with Crippen LogP contribution >= 0.6 is 11.8 Å². The summed E-state index contributed by atoms with van der Waals surface area (Å²) in [6.07, 6.45) is 4.50. The highest BCUT2D eigenvalue weighted by Gasteiger charge is 2.23. The molecule has 1 unspecified atom stereocenters. The van der Waals surface area contributed by atoms with E-state index in [0.29, 0.717) is 6.04 Å². The Bertz CT molecular complexity index is 401. The molecule has 1 aromatic heterocycles. The Morgan fingerprint density at radius 3 is 2.84 bits per heavy atom. The van der Waals surface area contributed by atoms with Gasteiger partial charge in [0.05, 0.1) is 0 Å². The lowest BCUT2D eigenvalue weighted by molar-refractivity contribution is 0.257. The van der Waals surface area contributed by atoms with E-state index in [2.05, 4.69) is 39.2 Å². The molecular weight excluding hydrogens is 258 g/mol. The van der Waals surface area contributed by atoms with Gasteiger partial charge in [-0.2, -0.15) is 0 Å². The van der Waals surface area contributed by atoms with E-state index < -0.39 is 0 Å². The number of hydrogen-bond donors (Lipinski definition) is 1. The maximum absolute atomic E-state index is 4.64. The van der Waals surface area contributed by atoms with Crippen LogP contribution in [0.4, 0.5) is 11.6 Å². The Morgan fingerprint density at radius 1 is 1.42 bits per heavy atom. The fraction of sp³-hybridized carbons (Fsp3) is 0.692. The molecule has 0 radical (unpaired) electrons. The van der Waals surface area contributed by atoms with Crippen LogP contribution in [0.5, 0.6) is 0 Å².